The van der Waals surface area contributed by atoms with E-state index in [2.05, 4.69) is 17.5 Å². The Morgan fingerprint density at radius 1 is 1.50 bits per heavy atom. The van der Waals surface area contributed by atoms with E-state index in [4.69, 9.17) is 9.51 Å². The maximum Gasteiger partial charge on any atom is 0.259 e. The van der Waals surface area contributed by atoms with Crippen LogP contribution in [0.15, 0.2) is 9.90 Å². The summed E-state index contributed by atoms with van der Waals surface area (Å²) < 4.78 is 5.13. The molecule has 1 fully saturated rings. The first-order valence-electron chi connectivity index (χ1n) is 7.76. The van der Waals surface area contributed by atoms with Crippen LogP contribution in [0.25, 0.3) is 0 Å². The molecule has 1 atom stereocenters. The zero-order valence-electron chi connectivity index (χ0n) is 13.3. The number of nitrogens with zero attached hydrogens (tertiary/aromatic N) is 3. The number of carbonyl (C=O) groups is 1. The summed E-state index contributed by atoms with van der Waals surface area (Å²) >= 11 is 1.72. The van der Waals surface area contributed by atoms with E-state index in [0.29, 0.717) is 22.9 Å². The second-order valence-electron chi connectivity index (χ2n) is 5.82. The van der Waals surface area contributed by atoms with E-state index < -0.39 is 0 Å². The molecule has 1 saturated heterocycles. The Labute approximate surface area is 134 Å². The Kier molecular flexibility index (Phi) is 4.29. The van der Waals surface area contributed by atoms with E-state index >= 15 is 0 Å². The molecule has 0 bridgehead atoms. The van der Waals surface area contributed by atoms with Gasteiger partial charge in [0, 0.05) is 24.4 Å². The number of rotatable bonds is 3. The summed E-state index contributed by atoms with van der Waals surface area (Å²) in [6.07, 6.45) is 3.08. The molecule has 1 aliphatic heterocycles. The van der Waals surface area contributed by atoms with Crippen LogP contribution in [0.1, 0.15) is 58.2 Å². The highest BCUT2D eigenvalue weighted by Crippen LogP contribution is 2.30. The predicted molar refractivity (Wildman–Crippen MR) is 85.3 cm³/mol. The molecule has 0 radical (unpaired) electrons. The number of carbonyl (C=O) groups excluding carboxylic acids is 1. The minimum Gasteiger partial charge on any atom is -0.361 e. The predicted octanol–water partition coefficient (Wildman–Crippen LogP) is 3.33. The zero-order valence-corrected chi connectivity index (χ0v) is 14.1. The maximum absolute atomic E-state index is 12.7. The Bertz CT molecular complexity index is 657. The molecule has 2 aromatic rings. The Hall–Kier alpha value is -1.69. The molecule has 3 heterocycles. The van der Waals surface area contributed by atoms with Crippen molar-refractivity contribution in [3.8, 4) is 0 Å². The second kappa shape index (κ2) is 6.20. The highest BCUT2D eigenvalue weighted by atomic mass is 32.1. The first-order valence-corrected chi connectivity index (χ1v) is 8.64. The van der Waals surface area contributed by atoms with Crippen LogP contribution in [0.4, 0.5) is 0 Å². The van der Waals surface area contributed by atoms with Crippen LogP contribution in [0.3, 0.4) is 0 Å². The van der Waals surface area contributed by atoms with Crippen molar-refractivity contribution in [3.63, 3.8) is 0 Å². The number of hydrogen-bond donors (Lipinski definition) is 0. The van der Waals surface area contributed by atoms with Gasteiger partial charge in [0.05, 0.1) is 16.4 Å². The van der Waals surface area contributed by atoms with Gasteiger partial charge in [-0.15, -0.1) is 11.3 Å². The van der Waals surface area contributed by atoms with Gasteiger partial charge >= 0.3 is 0 Å². The average Bonchev–Trinajstić information content (AvgIpc) is 3.14. The van der Waals surface area contributed by atoms with Crippen molar-refractivity contribution < 1.29 is 9.32 Å². The smallest absolute Gasteiger partial charge is 0.259 e. The highest BCUT2D eigenvalue weighted by Gasteiger charge is 2.30. The van der Waals surface area contributed by atoms with Gasteiger partial charge in [-0.25, -0.2) is 4.98 Å². The molecular formula is C16H21N3O2S. The number of amides is 1. The summed E-state index contributed by atoms with van der Waals surface area (Å²) in [5.74, 6) is 0.990. The van der Waals surface area contributed by atoms with Gasteiger partial charge in [-0.3, -0.25) is 4.79 Å². The van der Waals surface area contributed by atoms with Crippen LogP contribution in [-0.4, -0.2) is 34.0 Å². The Morgan fingerprint density at radius 2 is 2.32 bits per heavy atom. The van der Waals surface area contributed by atoms with Crippen molar-refractivity contribution in [3.05, 3.63) is 33.1 Å². The molecule has 0 spiro atoms. The molecule has 0 aromatic carbocycles. The van der Waals surface area contributed by atoms with Crippen LogP contribution >= 0.6 is 11.3 Å². The number of thiazole rings is 1. The molecule has 22 heavy (non-hydrogen) atoms. The fourth-order valence-electron chi connectivity index (χ4n) is 2.98. The number of aryl methyl sites for hydroxylation is 3. The topological polar surface area (TPSA) is 59.2 Å². The van der Waals surface area contributed by atoms with Crippen LogP contribution in [-0.2, 0) is 6.42 Å². The fraction of sp³-hybridized carbons (Fsp3) is 0.562. The molecule has 118 valence electrons. The van der Waals surface area contributed by atoms with Crippen molar-refractivity contribution in [2.24, 2.45) is 0 Å². The van der Waals surface area contributed by atoms with Crippen molar-refractivity contribution >= 4 is 17.2 Å². The molecule has 0 N–H and O–H groups in total. The lowest BCUT2D eigenvalue weighted by molar-refractivity contribution is 0.0704. The van der Waals surface area contributed by atoms with E-state index in [1.807, 2.05) is 11.8 Å². The Morgan fingerprint density at radius 3 is 2.95 bits per heavy atom. The quantitative estimate of drug-likeness (QED) is 0.870. The normalized spacial score (nSPS) is 18.7. The molecule has 1 amide bonds. The SMILES string of the molecule is CCc1csc(C2CCCN(C(=O)c3c(C)noc3C)C2)n1. The minimum absolute atomic E-state index is 0.0354. The summed E-state index contributed by atoms with van der Waals surface area (Å²) in [6.45, 7) is 7.26. The van der Waals surface area contributed by atoms with Crippen LogP contribution in [0.5, 0.6) is 0 Å². The lowest BCUT2D eigenvalue weighted by Crippen LogP contribution is -2.39. The summed E-state index contributed by atoms with van der Waals surface area (Å²) in [6, 6.07) is 0. The lowest BCUT2D eigenvalue weighted by Gasteiger charge is -2.31. The third-order valence-electron chi connectivity index (χ3n) is 4.24. The van der Waals surface area contributed by atoms with Crippen molar-refractivity contribution in [1.29, 1.82) is 0 Å². The summed E-state index contributed by atoms with van der Waals surface area (Å²) in [7, 11) is 0. The van der Waals surface area contributed by atoms with Crippen LogP contribution in [0.2, 0.25) is 0 Å². The highest BCUT2D eigenvalue weighted by molar-refractivity contribution is 7.09. The average molecular weight is 319 g/mol. The fourth-order valence-corrected chi connectivity index (χ4v) is 4.01. The zero-order chi connectivity index (χ0) is 15.7. The van der Waals surface area contributed by atoms with E-state index in [0.717, 1.165) is 43.1 Å². The molecule has 0 saturated carbocycles. The number of aromatic nitrogens is 2. The van der Waals surface area contributed by atoms with E-state index in [1.165, 1.54) is 0 Å². The van der Waals surface area contributed by atoms with Crippen LogP contribution in [0, 0.1) is 13.8 Å². The van der Waals surface area contributed by atoms with Gasteiger partial charge in [-0.1, -0.05) is 12.1 Å². The molecule has 0 aliphatic carbocycles. The van der Waals surface area contributed by atoms with Crippen molar-refractivity contribution in [2.45, 2.75) is 46.0 Å². The number of piperidine rings is 1. The van der Waals surface area contributed by atoms with E-state index in [-0.39, 0.29) is 5.91 Å². The minimum atomic E-state index is 0.0354. The van der Waals surface area contributed by atoms with Gasteiger partial charge in [-0.05, 0) is 33.1 Å². The molecule has 1 unspecified atom stereocenters. The third kappa shape index (κ3) is 2.79. The van der Waals surface area contributed by atoms with Gasteiger partial charge in [0.1, 0.15) is 11.3 Å². The molecule has 1 aliphatic rings. The second-order valence-corrected chi connectivity index (χ2v) is 6.71. The third-order valence-corrected chi connectivity index (χ3v) is 5.29. The standard InChI is InChI=1S/C16H21N3O2S/c1-4-13-9-22-15(17-13)12-6-5-7-19(8-12)16(20)14-10(2)18-21-11(14)3/h9,12H,4-8H2,1-3H3. The van der Waals surface area contributed by atoms with Gasteiger partial charge < -0.3 is 9.42 Å². The van der Waals surface area contributed by atoms with Crippen LogP contribution < -0.4 is 0 Å². The van der Waals surface area contributed by atoms with Gasteiger partial charge in [0.2, 0.25) is 0 Å². The number of hydrogen-bond acceptors (Lipinski definition) is 5. The molecular weight excluding hydrogens is 298 g/mol. The van der Waals surface area contributed by atoms with E-state index in [9.17, 15) is 4.79 Å². The van der Waals surface area contributed by atoms with E-state index in [1.54, 1.807) is 18.3 Å². The van der Waals surface area contributed by atoms with Gasteiger partial charge in [0.15, 0.2) is 0 Å². The molecule has 5 nitrogen and oxygen atoms in total. The first kappa shape index (κ1) is 15.2. The van der Waals surface area contributed by atoms with Crippen molar-refractivity contribution in [1.82, 2.24) is 15.0 Å². The van der Waals surface area contributed by atoms with Gasteiger partial charge in [0.25, 0.3) is 5.91 Å². The molecule has 2 aromatic heterocycles. The monoisotopic (exact) mass is 319 g/mol. The first-order chi connectivity index (χ1) is 10.6. The number of likely N-dealkylation sites (tertiary alicyclic amines) is 1. The largest absolute Gasteiger partial charge is 0.361 e. The van der Waals surface area contributed by atoms with Gasteiger partial charge in [-0.2, -0.15) is 0 Å². The molecule has 3 rings (SSSR count). The maximum atomic E-state index is 12.7. The summed E-state index contributed by atoms with van der Waals surface area (Å²) in [5, 5.41) is 7.18. The molecule has 6 heteroatoms. The van der Waals surface area contributed by atoms with Crippen molar-refractivity contribution in [2.75, 3.05) is 13.1 Å². The Balaban J connectivity index is 1.77. The lowest BCUT2D eigenvalue weighted by atomic mass is 9.97. The summed E-state index contributed by atoms with van der Waals surface area (Å²) in [5.41, 5.74) is 2.44. The summed E-state index contributed by atoms with van der Waals surface area (Å²) in [4.78, 5) is 19.4.